The molecule has 1 aromatic carbocycles. The van der Waals surface area contributed by atoms with Gasteiger partial charge >= 0.3 is 0 Å². The summed E-state index contributed by atoms with van der Waals surface area (Å²) in [7, 11) is -1.94. The van der Waals surface area contributed by atoms with E-state index in [2.05, 4.69) is 32.2 Å². The second-order valence-corrected chi connectivity index (χ2v) is 9.97. The first-order valence-electron chi connectivity index (χ1n) is 8.79. The summed E-state index contributed by atoms with van der Waals surface area (Å²) in [6, 6.07) is 3.90. The van der Waals surface area contributed by atoms with Gasteiger partial charge in [0.05, 0.1) is 4.90 Å². The van der Waals surface area contributed by atoms with Crippen LogP contribution in [0.15, 0.2) is 17.0 Å². The summed E-state index contributed by atoms with van der Waals surface area (Å²) in [6.07, 6.45) is 1.10. The number of rotatable bonds is 4. The summed E-state index contributed by atoms with van der Waals surface area (Å²) in [5, 5.41) is 2.61. The lowest BCUT2D eigenvalue weighted by Gasteiger charge is -2.24. The van der Waals surface area contributed by atoms with Crippen LogP contribution in [0.1, 0.15) is 50.3 Å². The van der Waals surface area contributed by atoms with E-state index >= 15 is 0 Å². The van der Waals surface area contributed by atoms with Crippen LogP contribution in [0.25, 0.3) is 0 Å². The molecule has 0 saturated carbocycles. The zero-order valence-electron chi connectivity index (χ0n) is 16.1. The molecule has 25 heavy (non-hydrogen) atoms. The van der Waals surface area contributed by atoms with Crippen LogP contribution in [-0.4, -0.2) is 38.8 Å². The summed E-state index contributed by atoms with van der Waals surface area (Å²) < 4.78 is 28.0. The third-order valence-electron chi connectivity index (χ3n) is 5.11. The lowest BCUT2D eigenvalue weighted by molar-refractivity contribution is -0.121. The maximum Gasteiger partial charge on any atom is 0.243 e. The van der Waals surface area contributed by atoms with Crippen LogP contribution in [0, 0.1) is 19.8 Å². The molecule has 1 saturated heterocycles. The Balaban J connectivity index is 2.34. The molecule has 5 nitrogen and oxygen atoms in total. The van der Waals surface area contributed by atoms with Gasteiger partial charge in [-0.05, 0) is 54.4 Å². The van der Waals surface area contributed by atoms with Crippen LogP contribution in [0.4, 0.5) is 0 Å². The molecular weight excluding hydrogens is 336 g/mol. The van der Waals surface area contributed by atoms with Crippen molar-refractivity contribution in [1.82, 2.24) is 9.62 Å². The molecule has 1 unspecified atom stereocenters. The molecule has 0 spiro atoms. The Morgan fingerprint density at radius 2 is 1.92 bits per heavy atom. The molecule has 0 radical (unpaired) electrons. The van der Waals surface area contributed by atoms with E-state index in [1.807, 2.05) is 19.9 Å². The van der Waals surface area contributed by atoms with E-state index in [-0.39, 0.29) is 17.2 Å². The van der Waals surface area contributed by atoms with Crippen LogP contribution < -0.4 is 5.32 Å². The lowest BCUT2D eigenvalue weighted by Crippen LogP contribution is -2.31. The first-order chi connectivity index (χ1) is 11.5. The van der Waals surface area contributed by atoms with Crippen molar-refractivity contribution in [2.75, 3.05) is 20.1 Å². The third-order valence-corrected chi connectivity index (χ3v) is 7.10. The largest absolute Gasteiger partial charge is 0.359 e. The van der Waals surface area contributed by atoms with Gasteiger partial charge in [-0.2, -0.15) is 4.31 Å². The quantitative estimate of drug-likeness (QED) is 0.891. The van der Waals surface area contributed by atoms with Crippen molar-refractivity contribution in [2.24, 2.45) is 5.92 Å². The second-order valence-electron chi connectivity index (χ2n) is 8.06. The van der Waals surface area contributed by atoms with E-state index in [9.17, 15) is 13.2 Å². The number of carbonyl (C=O) groups excluding carboxylic acids is 1. The van der Waals surface area contributed by atoms with Gasteiger partial charge in [-0.3, -0.25) is 4.79 Å². The number of hydrogen-bond donors (Lipinski definition) is 1. The fourth-order valence-corrected chi connectivity index (χ4v) is 5.07. The van der Waals surface area contributed by atoms with Crippen LogP contribution in [0.3, 0.4) is 0 Å². The van der Waals surface area contributed by atoms with Crippen molar-refractivity contribution in [3.8, 4) is 0 Å². The highest BCUT2D eigenvalue weighted by atomic mass is 32.2. The summed E-state index contributed by atoms with van der Waals surface area (Å²) >= 11 is 0. The minimum absolute atomic E-state index is 0.0361. The molecule has 6 heteroatoms. The number of hydrogen-bond acceptors (Lipinski definition) is 3. The van der Waals surface area contributed by atoms with Crippen molar-refractivity contribution in [1.29, 1.82) is 0 Å². The fraction of sp³-hybridized carbons (Fsp3) is 0.632. The predicted octanol–water partition coefficient (Wildman–Crippen LogP) is 2.75. The van der Waals surface area contributed by atoms with E-state index in [0.29, 0.717) is 24.4 Å². The minimum Gasteiger partial charge on any atom is -0.359 e. The van der Waals surface area contributed by atoms with Gasteiger partial charge in [0.1, 0.15) is 0 Å². The summed E-state index contributed by atoms with van der Waals surface area (Å²) in [5.41, 5.74) is 2.71. The van der Waals surface area contributed by atoms with Crippen molar-refractivity contribution in [3.63, 3.8) is 0 Å². The number of carbonyl (C=O) groups is 1. The molecule has 0 aliphatic carbocycles. The van der Waals surface area contributed by atoms with E-state index in [1.165, 1.54) is 4.31 Å². The molecule has 0 aromatic heterocycles. The number of sulfonamides is 1. The van der Waals surface area contributed by atoms with E-state index in [1.54, 1.807) is 7.05 Å². The number of benzene rings is 1. The molecule has 1 amide bonds. The molecule has 140 valence electrons. The molecule has 1 aromatic rings. The highest BCUT2D eigenvalue weighted by Crippen LogP contribution is 2.32. The first kappa shape index (κ1) is 19.9. The smallest absolute Gasteiger partial charge is 0.243 e. The van der Waals surface area contributed by atoms with Gasteiger partial charge in [-0.25, -0.2) is 8.42 Å². The zero-order chi connectivity index (χ0) is 19.0. The number of amides is 1. The highest BCUT2D eigenvalue weighted by molar-refractivity contribution is 7.89. The Bertz CT molecular complexity index is 764. The number of nitrogens with zero attached hydrogens (tertiary/aromatic N) is 1. The third kappa shape index (κ3) is 4.23. The van der Waals surface area contributed by atoms with Crippen molar-refractivity contribution < 1.29 is 13.2 Å². The zero-order valence-corrected chi connectivity index (χ0v) is 17.0. The number of aryl methyl sites for hydroxylation is 1. The molecule has 1 aliphatic rings. The van der Waals surface area contributed by atoms with Crippen LogP contribution >= 0.6 is 0 Å². The van der Waals surface area contributed by atoms with Crippen molar-refractivity contribution >= 4 is 15.9 Å². The Hall–Kier alpha value is -1.40. The van der Waals surface area contributed by atoms with E-state index < -0.39 is 10.0 Å². The molecule has 2 rings (SSSR count). The van der Waals surface area contributed by atoms with Gasteiger partial charge in [0.15, 0.2) is 0 Å². The van der Waals surface area contributed by atoms with Crippen LogP contribution in [0.5, 0.6) is 0 Å². The normalized spacial score (nSPS) is 19.2. The number of nitrogens with one attached hydrogen (secondary N) is 1. The maximum atomic E-state index is 13.2. The van der Waals surface area contributed by atoms with Gasteiger partial charge in [0.25, 0.3) is 0 Å². The molecule has 1 fully saturated rings. The van der Waals surface area contributed by atoms with Gasteiger partial charge in [-0.15, -0.1) is 0 Å². The Morgan fingerprint density at radius 1 is 1.28 bits per heavy atom. The molecule has 1 atom stereocenters. The molecule has 1 heterocycles. The average molecular weight is 367 g/mol. The Kier molecular flexibility index (Phi) is 5.64. The Morgan fingerprint density at radius 3 is 2.48 bits per heavy atom. The van der Waals surface area contributed by atoms with Crippen LogP contribution in [-0.2, 0) is 20.2 Å². The lowest BCUT2D eigenvalue weighted by atomic mass is 9.85. The van der Waals surface area contributed by atoms with Gasteiger partial charge in [0, 0.05) is 26.6 Å². The average Bonchev–Trinajstić information content (AvgIpc) is 2.97. The monoisotopic (exact) mass is 366 g/mol. The predicted molar refractivity (Wildman–Crippen MR) is 100 cm³/mol. The topological polar surface area (TPSA) is 66.5 Å². The molecule has 1 aliphatic heterocycles. The highest BCUT2D eigenvalue weighted by Gasteiger charge is 2.35. The van der Waals surface area contributed by atoms with Crippen LogP contribution in [0.2, 0.25) is 0 Å². The van der Waals surface area contributed by atoms with E-state index in [0.717, 1.165) is 23.1 Å². The summed E-state index contributed by atoms with van der Waals surface area (Å²) in [4.78, 5) is 12.0. The molecular formula is C19H30N2O3S. The maximum absolute atomic E-state index is 13.2. The first-order valence-corrected chi connectivity index (χ1v) is 10.2. The fourth-order valence-electron chi connectivity index (χ4n) is 3.21. The standard InChI is InChI=1S/C19H30N2O3S/c1-13-9-16(19(3,4)5)11-17(14(13)2)25(23,24)21-8-7-15(12-21)10-18(22)20-6/h9,11,15H,7-8,10,12H2,1-6H3,(H,20,22). The van der Waals surface area contributed by atoms with Crippen molar-refractivity contribution in [3.05, 3.63) is 28.8 Å². The van der Waals surface area contributed by atoms with Gasteiger partial charge < -0.3 is 5.32 Å². The summed E-state index contributed by atoms with van der Waals surface area (Å²) in [6.45, 7) is 11.0. The SMILES string of the molecule is CNC(=O)CC1CCN(S(=O)(=O)c2cc(C(C)(C)C)cc(C)c2C)C1. The minimum atomic E-state index is -3.55. The van der Waals surface area contributed by atoms with Crippen molar-refractivity contribution in [2.45, 2.75) is 57.8 Å². The Labute approximate surface area is 151 Å². The van der Waals surface area contributed by atoms with Gasteiger partial charge in [0.2, 0.25) is 15.9 Å². The summed E-state index contributed by atoms with van der Waals surface area (Å²) in [5.74, 6) is 0.0490. The van der Waals surface area contributed by atoms with E-state index in [4.69, 9.17) is 0 Å². The molecule has 0 bridgehead atoms. The molecule has 1 N–H and O–H groups in total. The van der Waals surface area contributed by atoms with Gasteiger partial charge in [-0.1, -0.05) is 26.8 Å². The second kappa shape index (κ2) is 7.08.